The van der Waals surface area contributed by atoms with Crippen LogP contribution in [-0.2, 0) is 38.6 Å². The minimum absolute atomic E-state index is 0.0929. The second-order valence-corrected chi connectivity index (χ2v) is 10.7. The molecule has 0 saturated heterocycles. The van der Waals surface area contributed by atoms with E-state index in [-0.39, 0.29) is 18.9 Å². The molecule has 8 heteroatoms. The Bertz CT molecular complexity index is 1440. The van der Waals surface area contributed by atoms with E-state index in [1.807, 2.05) is 105 Å². The Kier molecular flexibility index (Phi) is 10.3. The predicted molar refractivity (Wildman–Crippen MR) is 160 cm³/mol. The Morgan fingerprint density at radius 3 is 2.07 bits per heavy atom. The quantitative estimate of drug-likeness (QED) is 0.186. The molecule has 0 bridgehead atoms. The maximum Gasteiger partial charge on any atom is 0.329 e. The molecule has 0 spiro atoms. The number of ether oxygens (including phenoxy) is 1. The number of para-hydroxylation sites is 1. The molecule has 2 amide bonds. The fourth-order valence-corrected chi connectivity index (χ4v) is 4.76. The lowest BCUT2D eigenvalue weighted by Crippen LogP contribution is -2.55. The summed E-state index contributed by atoms with van der Waals surface area (Å²) in [4.78, 5) is 43.0. The number of hydrogen-bond acceptors (Lipinski definition) is 5. The second-order valence-electron chi connectivity index (χ2n) is 10.7. The Hall–Kier alpha value is -4.43. The zero-order valence-electron chi connectivity index (χ0n) is 23.5. The Balaban J connectivity index is 1.44. The first-order valence-electron chi connectivity index (χ1n) is 14.0. The highest BCUT2D eigenvalue weighted by Gasteiger charge is 2.30. The van der Waals surface area contributed by atoms with Crippen molar-refractivity contribution < 1.29 is 19.1 Å². The third kappa shape index (κ3) is 8.53. The monoisotopic (exact) mass is 554 g/mol. The van der Waals surface area contributed by atoms with Gasteiger partial charge in [-0.25, -0.2) is 4.79 Å². The summed E-state index contributed by atoms with van der Waals surface area (Å²) in [5.41, 5.74) is 9.91. The molecule has 0 aliphatic carbocycles. The van der Waals surface area contributed by atoms with Crippen LogP contribution in [0.2, 0.25) is 0 Å². The number of hydrogen-bond donors (Lipinski definition) is 4. The predicted octanol–water partition coefficient (Wildman–Crippen LogP) is 4.04. The summed E-state index contributed by atoms with van der Waals surface area (Å²) in [6.07, 6.45) is 2.80. The van der Waals surface area contributed by atoms with Crippen molar-refractivity contribution in [2.75, 3.05) is 0 Å². The van der Waals surface area contributed by atoms with Crippen molar-refractivity contribution in [2.45, 2.75) is 57.8 Å². The summed E-state index contributed by atoms with van der Waals surface area (Å²) < 4.78 is 5.57. The van der Waals surface area contributed by atoms with Crippen LogP contribution >= 0.6 is 0 Å². The Morgan fingerprint density at radius 2 is 1.39 bits per heavy atom. The molecule has 0 aliphatic heterocycles. The molecule has 0 radical (unpaired) electrons. The molecule has 4 aromatic rings. The van der Waals surface area contributed by atoms with Gasteiger partial charge in [-0.05, 0) is 41.5 Å². The van der Waals surface area contributed by atoms with Gasteiger partial charge in [0, 0.05) is 23.5 Å². The lowest BCUT2D eigenvalue weighted by atomic mass is 10.00. The first kappa shape index (κ1) is 29.6. The minimum atomic E-state index is -0.930. The van der Waals surface area contributed by atoms with Gasteiger partial charge in [-0.15, -0.1) is 0 Å². The number of rotatable bonds is 13. The van der Waals surface area contributed by atoms with Crippen molar-refractivity contribution >= 4 is 28.7 Å². The highest BCUT2D eigenvalue weighted by molar-refractivity contribution is 5.92. The summed E-state index contributed by atoms with van der Waals surface area (Å²) >= 11 is 0. The topological polar surface area (TPSA) is 126 Å². The first-order chi connectivity index (χ1) is 19.8. The SMILES string of the molecule is CC(C)CC(NC(=O)C(N)Cc1c[nH]c2ccccc12)C(=O)NC(Cc1ccccc1)C(=O)OCc1ccccc1. The normalized spacial score (nSPS) is 13.4. The van der Waals surface area contributed by atoms with Gasteiger partial charge in [0.05, 0.1) is 6.04 Å². The van der Waals surface area contributed by atoms with E-state index in [0.717, 1.165) is 27.6 Å². The van der Waals surface area contributed by atoms with Gasteiger partial charge in [-0.1, -0.05) is 92.7 Å². The summed E-state index contributed by atoms with van der Waals surface area (Å²) in [7, 11) is 0. The van der Waals surface area contributed by atoms with E-state index >= 15 is 0 Å². The Morgan fingerprint density at radius 1 is 0.780 bits per heavy atom. The van der Waals surface area contributed by atoms with Gasteiger partial charge in [-0.3, -0.25) is 9.59 Å². The molecule has 1 heterocycles. The number of carbonyl (C=O) groups is 3. The number of nitrogens with one attached hydrogen (secondary N) is 3. The molecule has 4 rings (SSSR count). The van der Waals surface area contributed by atoms with E-state index in [4.69, 9.17) is 10.5 Å². The average Bonchev–Trinajstić information content (AvgIpc) is 3.38. The fourth-order valence-electron chi connectivity index (χ4n) is 4.76. The van der Waals surface area contributed by atoms with Crippen LogP contribution < -0.4 is 16.4 Å². The molecular weight excluding hydrogens is 516 g/mol. The van der Waals surface area contributed by atoms with E-state index in [1.165, 1.54) is 0 Å². The third-order valence-electron chi connectivity index (χ3n) is 6.90. The number of benzene rings is 3. The third-order valence-corrected chi connectivity index (χ3v) is 6.90. The molecule has 0 fully saturated rings. The van der Waals surface area contributed by atoms with Crippen LogP contribution in [0.15, 0.2) is 91.1 Å². The van der Waals surface area contributed by atoms with Crippen molar-refractivity contribution in [3.8, 4) is 0 Å². The van der Waals surface area contributed by atoms with Crippen molar-refractivity contribution in [3.63, 3.8) is 0 Å². The number of fused-ring (bicyclic) bond motifs is 1. The van der Waals surface area contributed by atoms with Crippen LogP contribution in [0.3, 0.4) is 0 Å². The highest BCUT2D eigenvalue weighted by Crippen LogP contribution is 2.19. The number of nitrogens with two attached hydrogens (primary N) is 1. The number of amides is 2. The first-order valence-corrected chi connectivity index (χ1v) is 14.0. The molecule has 3 atom stereocenters. The zero-order valence-corrected chi connectivity index (χ0v) is 23.5. The summed E-state index contributed by atoms with van der Waals surface area (Å²) in [5.74, 6) is -1.32. The summed E-state index contributed by atoms with van der Waals surface area (Å²) in [6, 6.07) is 23.9. The molecular formula is C33H38N4O4. The van der Waals surface area contributed by atoms with Gasteiger partial charge in [-0.2, -0.15) is 0 Å². The number of aromatic amines is 1. The van der Waals surface area contributed by atoms with E-state index in [1.54, 1.807) is 0 Å². The molecule has 3 aromatic carbocycles. The number of esters is 1. The van der Waals surface area contributed by atoms with E-state index in [9.17, 15) is 14.4 Å². The second kappa shape index (κ2) is 14.3. The number of aromatic nitrogens is 1. The molecule has 5 N–H and O–H groups in total. The highest BCUT2D eigenvalue weighted by atomic mass is 16.5. The van der Waals surface area contributed by atoms with Crippen molar-refractivity contribution in [2.24, 2.45) is 11.7 Å². The minimum Gasteiger partial charge on any atom is -0.459 e. The van der Waals surface area contributed by atoms with Crippen LogP contribution in [0.1, 0.15) is 37.0 Å². The summed E-state index contributed by atoms with van der Waals surface area (Å²) in [5, 5.41) is 6.69. The standard InChI is InChI=1S/C33H38N4O4/c1-22(2)17-29(36-31(38)27(34)19-25-20-35-28-16-10-9-15-26(25)28)32(39)37-30(18-23-11-5-3-6-12-23)33(40)41-21-24-13-7-4-8-14-24/h3-16,20,22,27,29-30,35H,17-19,21,34H2,1-2H3,(H,36,38)(H,37,39). The lowest BCUT2D eigenvalue weighted by Gasteiger charge is -2.25. The van der Waals surface area contributed by atoms with Gasteiger partial charge in [0.2, 0.25) is 11.8 Å². The van der Waals surface area contributed by atoms with Crippen LogP contribution in [0.25, 0.3) is 10.9 Å². The molecule has 1 aromatic heterocycles. The van der Waals surface area contributed by atoms with E-state index in [2.05, 4.69) is 15.6 Å². The smallest absolute Gasteiger partial charge is 0.329 e. The molecule has 0 saturated carbocycles. The maximum atomic E-state index is 13.5. The molecule has 41 heavy (non-hydrogen) atoms. The van der Waals surface area contributed by atoms with Crippen molar-refractivity contribution in [1.29, 1.82) is 0 Å². The Labute approximate surface area is 240 Å². The van der Waals surface area contributed by atoms with Crippen LogP contribution in [0.4, 0.5) is 0 Å². The molecule has 8 nitrogen and oxygen atoms in total. The molecule has 214 valence electrons. The average molecular weight is 555 g/mol. The van der Waals surface area contributed by atoms with Crippen molar-refractivity contribution in [3.05, 3.63) is 108 Å². The lowest BCUT2D eigenvalue weighted by molar-refractivity contribution is -0.149. The summed E-state index contributed by atoms with van der Waals surface area (Å²) in [6.45, 7) is 4.03. The van der Waals surface area contributed by atoms with Gasteiger partial charge < -0.3 is 26.1 Å². The molecule has 0 aliphatic rings. The van der Waals surface area contributed by atoms with Gasteiger partial charge in [0.15, 0.2) is 0 Å². The van der Waals surface area contributed by atoms with E-state index < -0.39 is 35.9 Å². The van der Waals surface area contributed by atoms with E-state index in [0.29, 0.717) is 12.8 Å². The van der Waals surface area contributed by atoms with Gasteiger partial charge in [0.25, 0.3) is 0 Å². The number of carbonyl (C=O) groups excluding carboxylic acids is 3. The van der Waals surface area contributed by atoms with Gasteiger partial charge >= 0.3 is 5.97 Å². The fraction of sp³-hybridized carbons (Fsp3) is 0.303. The van der Waals surface area contributed by atoms with Gasteiger partial charge in [0.1, 0.15) is 18.7 Å². The zero-order chi connectivity index (χ0) is 29.2. The van der Waals surface area contributed by atoms with Crippen LogP contribution in [-0.4, -0.2) is 40.9 Å². The number of H-pyrrole nitrogens is 1. The molecule has 3 unspecified atom stereocenters. The van der Waals surface area contributed by atoms with Crippen LogP contribution in [0, 0.1) is 5.92 Å². The largest absolute Gasteiger partial charge is 0.459 e. The maximum absolute atomic E-state index is 13.5. The van der Waals surface area contributed by atoms with Crippen molar-refractivity contribution in [1.82, 2.24) is 15.6 Å². The van der Waals surface area contributed by atoms with Crippen LogP contribution in [0.5, 0.6) is 0 Å².